The van der Waals surface area contributed by atoms with Crippen molar-refractivity contribution in [1.82, 2.24) is 10.6 Å². The molecule has 194 valence electrons. The molecule has 0 aliphatic carbocycles. The van der Waals surface area contributed by atoms with Gasteiger partial charge in [-0.25, -0.2) is 8.42 Å². The number of para-hydroxylation sites is 1. The minimum absolute atomic E-state index is 0.136. The molecule has 0 saturated carbocycles. The van der Waals surface area contributed by atoms with Crippen molar-refractivity contribution in [2.24, 2.45) is 0 Å². The summed E-state index contributed by atoms with van der Waals surface area (Å²) in [7, 11) is -2.96. The Kier molecular flexibility index (Phi) is 7.62. The van der Waals surface area contributed by atoms with Crippen molar-refractivity contribution in [1.29, 1.82) is 0 Å². The fourth-order valence-corrected chi connectivity index (χ4v) is 4.59. The molecule has 0 radical (unpaired) electrons. The number of nitrogens with one attached hydrogen (secondary N) is 3. The lowest BCUT2D eigenvalue weighted by Gasteiger charge is -2.27. The predicted octanol–water partition coefficient (Wildman–Crippen LogP) is 5.27. The van der Waals surface area contributed by atoms with E-state index in [0.29, 0.717) is 13.1 Å². The largest absolute Gasteiger partial charge is 0.457 e. The molecule has 0 atom stereocenters. The van der Waals surface area contributed by atoms with E-state index in [1.54, 1.807) is 0 Å². The molecule has 3 N–H and O–H groups in total. The van der Waals surface area contributed by atoms with Crippen LogP contribution in [0.2, 0.25) is 0 Å². The molecule has 38 heavy (non-hydrogen) atoms. The van der Waals surface area contributed by atoms with Crippen LogP contribution in [0.4, 0.5) is 11.4 Å². The molecule has 5 rings (SSSR count). The average molecular weight is 527 g/mol. The molecule has 0 spiro atoms. The zero-order valence-corrected chi connectivity index (χ0v) is 21.9. The van der Waals surface area contributed by atoms with E-state index in [4.69, 9.17) is 4.74 Å². The SMILES string of the molecule is CS(=O)(=O)CCNCc1ccc(N2C=CC3=CNC=C(Nc4ccc(Oc5ccccc5)cc4)C3=C2)cc1. The number of hydrogen-bond donors (Lipinski definition) is 3. The van der Waals surface area contributed by atoms with E-state index in [9.17, 15) is 8.42 Å². The number of nitrogens with zero attached hydrogens (tertiary/aromatic N) is 1. The first kappa shape index (κ1) is 25.4. The summed E-state index contributed by atoms with van der Waals surface area (Å²) in [5.41, 5.74) is 6.20. The summed E-state index contributed by atoms with van der Waals surface area (Å²) in [5.74, 6) is 1.72. The lowest BCUT2D eigenvalue weighted by Crippen LogP contribution is -2.22. The number of fused-ring (bicyclic) bond motifs is 1. The van der Waals surface area contributed by atoms with Gasteiger partial charge in [0, 0.05) is 66.7 Å². The van der Waals surface area contributed by atoms with Gasteiger partial charge in [0.15, 0.2) is 0 Å². The van der Waals surface area contributed by atoms with Crippen LogP contribution in [-0.2, 0) is 16.4 Å². The van der Waals surface area contributed by atoms with Gasteiger partial charge in [-0.15, -0.1) is 0 Å². The molecule has 8 heteroatoms. The van der Waals surface area contributed by atoms with E-state index in [1.807, 2.05) is 73.2 Å². The highest BCUT2D eigenvalue weighted by Crippen LogP contribution is 2.31. The molecule has 0 aromatic heterocycles. The van der Waals surface area contributed by atoms with E-state index < -0.39 is 9.84 Å². The Morgan fingerprint density at radius 3 is 2.37 bits per heavy atom. The summed E-state index contributed by atoms with van der Waals surface area (Å²) in [6.45, 7) is 1.06. The maximum Gasteiger partial charge on any atom is 0.148 e. The Hall–Kier alpha value is -4.27. The van der Waals surface area contributed by atoms with Crippen molar-refractivity contribution in [3.63, 3.8) is 0 Å². The normalized spacial score (nSPS) is 14.6. The zero-order chi connectivity index (χ0) is 26.4. The van der Waals surface area contributed by atoms with E-state index in [1.165, 1.54) is 6.26 Å². The highest BCUT2D eigenvalue weighted by molar-refractivity contribution is 7.90. The van der Waals surface area contributed by atoms with Gasteiger partial charge >= 0.3 is 0 Å². The number of benzene rings is 3. The monoisotopic (exact) mass is 526 g/mol. The Balaban J connectivity index is 1.23. The van der Waals surface area contributed by atoms with Gasteiger partial charge in [0.25, 0.3) is 0 Å². The van der Waals surface area contributed by atoms with Crippen LogP contribution >= 0.6 is 0 Å². The minimum Gasteiger partial charge on any atom is -0.457 e. The average Bonchev–Trinajstić information content (AvgIpc) is 2.93. The molecule has 2 aliphatic rings. The van der Waals surface area contributed by atoms with Gasteiger partial charge in [0.1, 0.15) is 21.3 Å². The first-order chi connectivity index (χ1) is 18.4. The smallest absolute Gasteiger partial charge is 0.148 e. The first-order valence-electron chi connectivity index (χ1n) is 12.4. The van der Waals surface area contributed by atoms with Crippen molar-refractivity contribution in [2.45, 2.75) is 6.54 Å². The highest BCUT2D eigenvalue weighted by Gasteiger charge is 2.18. The van der Waals surface area contributed by atoms with Crippen LogP contribution < -0.4 is 25.6 Å². The standard InChI is InChI=1S/C30H30N4O3S/c1-38(35,36)18-16-31-19-23-7-11-26(12-8-23)34-17-15-24-20-32-21-30(29(24)22-34)33-25-9-13-28(14-10-25)37-27-5-3-2-4-6-27/h2-15,17,20-22,31-33H,16,18-19H2,1H3. The number of ether oxygens (including phenoxy) is 1. The summed E-state index contributed by atoms with van der Waals surface area (Å²) in [5, 5.41) is 9.92. The summed E-state index contributed by atoms with van der Waals surface area (Å²) < 4.78 is 28.5. The maximum absolute atomic E-state index is 11.3. The molecule has 3 aromatic carbocycles. The van der Waals surface area contributed by atoms with Gasteiger partial charge in [-0.2, -0.15) is 0 Å². The lowest BCUT2D eigenvalue weighted by atomic mass is 10.00. The van der Waals surface area contributed by atoms with Gasteiger partial charge in [-0.1, -0.05) is 30.3 Å². The molecule has 3 aromatic rings. The van der Waals surface area contributed by atoms with Crippen molar-refractivity contribution in [3.8, 4) is 11.5 Å². The van der Waals surface area contributed by atoms with Crippen LogP contribution in [0.5, 0.6) is 11.5 Å². The third kappa shape index (κ3) is 6.73. The van der Waals surface area contributed by atoms with E-state index in [-0.39, 0.29) is 5.75 Å². The molecule has 0 fully saturated rings. The molecule has 2 heterocycles. The second-order valence-corrected chi connectivity index (χ2v) is 11.4. The molecule has 7 nitrogen and oxygen atoms in total. The van der Waals surface area contributed by atoms with Gasteiger partial charge < -0.3 is 25.6 Å². The number of hydrogen-bond acceptors (Lipinski definition) is 7. The second kappa shape index (κ2) is 11.4. The molecule has 0 unspecified atom stereocenters. The number of dihydropyridines is 1. The van der Waals surface area contributed by atoms with Crippen LogP contribution in [0.25, 0.3) is 0 Å². The van der Waals surface area contributed by atoms with Crippen molar-refractivity contribution >= 4 is 21.2 Å². The van der Waals surface area contributed by atoms with Crippen molar-refractivity contribution in [2.75, 3.05) is 28.8 Å². The van der Waals surface area contributed by atoms with Gasteiger partial charge in [-0.3, -0.25) is 0 Å². The van der Waals surface area contributed by atoms with Gasteiger partial charge in [0.2, 0.25) is 0 Å². The van der Waals surface area contributed by atoms with Crippen molar-refractivity contribution < 1.29 is 13.2 Å². The summed E-state index contributed by atoms with van der Waals surface area (Å²) in [6.07, 6.45) is 11.4. The highest BCUT2D eigenvalue weighted by atomic mass is 32.2. The van der Waals surface area contributed by atoms with Crippen molar-refractivity contribution in [3.05, 3.63) is 132 Å². The maximum atomic E-state index is 11.3. The summed E-state index contributed by atoms with van der Waals surface area (Å²) in [4.78, 5) is 2.09. The fraction of sp³-hybridized carbons (Fsp3) is 0.133. The predicted molar refractivity (Wildman–Crippen MR) is 153 cm³/mol. The zero-order valence-electron chi connectivity index (χ0n) is 21.1. The van der Waals surface area contributed by atoms with E-state index in [2.05, 4.69) is 57.4 Å². The number of allylic oxidation sites excluding steroid dienone is 2. The Morgan fingerprint density at radius 1 is 0.895 bits per heavy atom. The molecule has 0 amide bonds. The first-order valence-corrected chi connectivity index (χ1v) is 14.4. The minimum atomic E-state index is -2.96. The third-order valence-electron chi connectivity index (χ3n) is 6.08. The molecule has 0 saturated heterocycles. The van der Waals surface area contributed by atoms with Crippen LogP contribution in [0.1, 0.15) is 5.56 Å². The third-order valence-corrected chi connectivity index (χ3v) is 7.02. The molecule has 0 bridgehead atoms. The van der Waals surface area contributed by atoms with Crippen LogP contribution in [0, 0.1) is 0 Å². The molecule has 2 aliphatic heterocycles. The lowest BCUT2D eigenvalue weighted by molar-refractivity contribution is 0.483. The molecular formula is C30H30N4O3S. The fourth-order valence-electron chi connectivity index (χ4n) is 4.08. The van der Waals surface area contributed by atoms with E-state index in [0.717, 1.165) is 45.3 Å². The summed E-state index contributed by atoms with van der Waals surface area (Å²) >= 11 is 0. The number of sulfone groups is 1. The Labute approximate surface area is 223 Å². The quantitative estimate of drug-likeness (QED) is 0.311. The Bertz CT molecular complexity index is 1490. The topological polar surface area (TPSA) is 82.7 Å². The Morgan fingerprint density at radius 2 is 1.63 bits per heavy atom. The molecular weight excluding hydrogens is 496 g/mol. The van der Waals surface area contributed by atoms with Crippen LogP contribution in [0.15, 0.2) is 127 Å². The number of anilines is 2. The van der Waals surface area contributed by atoms with Gasteiger partial charge in [0.05, 0.1) is 11.4 Å². The van der Waals surface area contributed by atoms with Crippen LogP contribution in [-0.4, -0.2) is 27.0 Å². The number of rotatable bonds is 10. The second-order valence-electron chi connectivity index (χ2n) is 9.13. The van der Waals surface area contributed by atoms with Crippen LogP contribution in [0.3, 0.4) is 0 Å². The van der Waals surface area contributed by atoms with E-state index >= 15 is 0 Å². The summed E-state index contributed by atoms with van der Waals surface area (Å²) in [6, 6.07) is 25.8. The van der Waals surface area contributed by atoms with Gasteiger partial charge in [-0.05, 0) is 60.2 Å².